The van der Waals surface area contributed by atoms with Gasteiger partial charge in [-0.2, -0.15) is 0 Å². The predicted molar refractivity (Wildman–Crippen MR) is 92.3 cm³/mol. The van der Waals surface area contributed by atoms with E-state index in [4.69, 9.17) is 5.11 Å². The van der Waals surface area contributed by atoms with Crippen LogP contribution in [-0.2, 0) is 4.79 Å². The van der Waals surface area contributed by atoms with Gasteiger partial charge in [-0.3, -0.25) is 14.6 Å². The molecule has 0 aliphatic carbocycles. The predicted octanol–water partition coefficient (Wildman–Crippen LogP) is 1.12. The molecule has 1 aromatic rings. The van der Waals surface area contributed by atoms with E-state index < -0.39 is 0 Å². The lowest BCUT2D eigenvalue weighted by Crippen LogP contribution is -2.51. The number of hydrogen-bond acceptors (Lipinski definition) is 4. The number of nitrogens with zero attached hydrogens (tertiary/aromatic N) is 3. The summed E-state index contributed by atoms with van der Waals surface area (Å²) >= 11 is 0. The third-order valence-electron chi connectivity index (χ3n) is 4.42. The second kappa shape index (κ2) is 8.43. The summed E-state index contributed by atoms with van der Waals surface area (Å²) in [6.07, 6.45) is 0.803. The summed E-state index contributed by atoms with van der Waals surface area (Å²) in [4.78, 5) is 19.3. The largest absolute Gasteiger partial charge is 0.396 e. The summed E-state index contributed by atoms with van der Waals surface area (Å²) in [6.45, 7) is 6.50. The van der Waals surface area contributed by atoms with Crippen LogP contribution in [-0.4, -0.2) is 79.1 Å². The van der Waals surface area contributed by atoms with Gasteiger partial charge in [0, 0.05) is 39.3 Å². The number of aliphatic hydroxyl groups excluding tert-OH is 1. The SMILES string of the molecule is Cc1cccc(C(C(=O)N2CCN(CCCO)CC2)N(C)C)c1. The van der Waals surface area contributed by atoms with Crippen LogP contribution in [0.4, 0.5) is 0 Å². The van der Waals surface area contributed by atoms with E-state index in [-0.39, 0.29) is 18.6 Å². The number of piperazine rings is 1. The fourth-order valence-electron chi connectivity index (χ4n) is 3.16. The van der Waals surface area contributed by atoms with E-state index >= 15 is 0 Å². The molecule has 0 spiro atoms. The highest BCUT2D eigenvalue weighted by atomic mass is 16.3. The average Bonchev–Trinajstić information content (AvgIpc) is 2.53. The minimum absolute atomic E-state index is 0.183. The molecule has 1 unspecified atom stereocenters. The monoisotopic (exact) mass is 319 g/mol. The smallest absolute Gasteiger partial charge is 0.244 e. The number of hydrogen-bond donors (Lipinski definition) is 1. The van der Waals surface area contributed by atoms with E-state index in [0.29, 0.717) is 0 Å². The van der Waals surface area contributed by atoms with Crippen LogP contribution in [0.3, 0.4) is 0 Å². The summed E-state index contributed by atoms with van der Waals surface area (Å²) in [5, 5.41) is 8.92. The van der Waals surface area contributed by atoms with Crippen LogP contribution < -0.4 is 0 Å². The maximum absolute atomic E-state index is 13.0. The molecule has 128 valence electrons. The number of aryl methyl sites for hydroxylation is 1. The van der Waals surface area contributed by atoms with Gasteiger partial charge in [-0.25, -0.2) is 0 Å². The van der Waals surface area contributed by atoms with Crippen molar-refractivity contribution >= 4 is 5.91 Å². The number of benzene rings is 1. The molecule has 1 heterocycles. The molecule has 1 aliphatic heterocycles. The molecule has 5 heteroatoms. The normalized spacial score (nSPS) is 17.5. The maximum atomic E-state index is 13.0. The summed E-state index contributed by atoms with van der Waals surface area (Å²) in [5.41, 5.74) is 2.23. The quantitative estimate of drug-likeness (QED) is 0.854. The minimum Gasteiger partial charge on any atom is -0.396 e. The third kappa shape index (κ3) is 4.77. The van der Waals surface area contributed by atoms with Gasteiger partial charge in [-0.15, -0.1) is 0 Å². The van der Waals surface area contributed by atoms with Gasteiger partial charge in [-0.1, -0.05) is 29.8 Å². The molecule has 5 nitrogen and oxygen atoms in total. The van der Waals surface area contributed by atoms with Gasteiger partial charge in [-0.05, 0) is 33.0 Å². The molecular formula is C18H29N3O2. The summed E-state index contributed by atoms with van der Waals surface area (Å²) in [6, 6.07) is 7.98. The summed E-state index contributed by atoms with van der Waals surface area (Å²) in [5.74, 6) is 0.183. The van der Waals surface area contributed by atoms with E-state index in [1.807, 2.05) is 36.0 Å². The van der Waals surface area contributed by atoms with Crippen molar-refractivity contribution in [2.45, 2.75) is 19.4 Å². The van der Waals surface area contributed by atoms with E-state index in [1.165, 1.54) is 5.56 Å². The van der Waals surface area contributed by atoms with Crippen molar-refractivity contribution in [3.63, 3.8) is 0 Å². The van der Waals surface area contributed by atoms with Gasteiger partial charge in [0.2, 0.25) is 5.91 Å². The molecule has 1 saturated heterocycles. The molecule has 23 heavy (non-hydrogen) atoms. The first kappa shape index (κ1) is 17.9. The Morgan fingerprint density at radius 1 is 1.26 bits per heavy atom. The number of carbonyl (C=O) groups excluding carboxylic acids is 1. The molecule has 2 rings (SSSR count). The van der Waals surface area contributed by atoms with Crippen LogP contribution in [0.2, 0.25) is 0 Å². The fraction of sp³-hybridized carbons (Fsp3) is 0.611. The second-order valence-corrected chi connectivity index (χ2v) is 6.52. The highest BCUT2D eigenvalue weighted by Crippen LogP contribution is 2.22. The lowest BCUT2D eigenvalue weighted by Gasteiger charge is -2.37. The second-order valence-electron chi connectivity index (χ2n) is 6.52. The Hall–Kier alpha value is -1.43. The van der Waals surface area contributed by atoms with Crippen LogP contribution in [0.15, 0.2) is 24.3 Å². The van der Waals surface area contributed by atoms with Gasteiger partial charge in [0.05, 0.1) is 0 Å². The molecule has 1 fully saturated rings. The molecule has 1 amide bonds. The zero-order chi connectivity index (χ0) is 16.8. The van der Waals surface area contributed by atoms with Crippen molar-refractivity contribution in [3.8, 4) is 0 Å². The van der Waals surface area contributed by atoms with Crippen molar-refractivity contribution < 1.29 is 9.90 Å². The highest BCUT2D eigenvalue weighted by Gasteiger charge is 2.29. The molecular weight excluding hydrogens is 290 g/mol. The molecule has 1 N–H and O–H groups in total. The Labute approximate surface area is 139 Å². The first-order chi connectivity index (χ1) is 11.0. The minimum atomic E-state index is -0.223. The first-order valence-electron chi connectivity index (χ1n) is 8.38. The zero-order valence-corrected chi connectivity index (χ0v) is 14.5. The number of rotatable bonds is 6. The van der Waals surface area contributed by atoms with E-state index in [0.717, 1.165) is 44.7 Å². The van der Waals surface area contributed by atoms with E-state index in [2.05, 4.69) is 24.0 Å². The Kier molecular flexibility index (Phi) is 6.57. The van der Waals surface area contributed by atoms with Crippen molar-refractivity contribution in [2.75, 3.05) is 53.4 Å². The van der Waals surface area contributed by atoms with Crippen LogP contribution in [0, 0.1) is 6.92 Å². The van der Waals surface area contributed by atoms with Crippen LogP contribution in [0.25, 0.3) is 0 Å². The van der Waals surface area contributed by atoms with Crippen LogP contribution >= 0.6 is 0 Å². The summed E-state index contributed by atoms with van der Waals surface area (Å²) in [7, 11) is 3.92. The fourth-order valence-corrected chi connectivity index (χ4v) is 3.16. The van der Waals surface area contributed by atoms with Crippen molar-refractivity contribution in [3.05, 3.63) is 35.4 Å². The van der Waals surface area contributed by atoms with Gasteiger partial charge in [0.1, 0.15) is 6.04 Å². The Morgan fingerprint density at radius 3 is 2.52 bits per heavy atom. The Morgan fingerprint density at radius 2 is 1.96 bits per heavy atom. The van der Waals surface area contributed by atoms with Gasteiger partial charge in [0.15, 0.2) is 0 Å². The lowest BCUT2D eigenvalue weighted by molar-refractivity contribution is -0.138. The highest BCUT2D eigenvalue weighted by molar-refractivity contribution is 5.83. The van der Waals surface area contributed by atoms with Crippen LogP contribution in [0.1, 0.15) is 23.6 Å². The summed E-state index contributed by atoms with van der Waals surface area (Å²) < 4.78 is 0. The number of carbonyl (C=O) groups is 1. The number of amides is 1. The third-order valence-corrected chi connectivity index (χ3v) is 4.42. The topological polar surface area (TPSA) is 47.0 Å². The Balaban J connectivity index is 2.02. The first-order valence-corrected chi connectivity index (χ1v) is 8.38. The maximum Gasteiger partial charge on any atom is 0.244 e. The standard InChI is InChI=1S/C18H29N3O2/c1-15-6-4-7-16(14-15)17(19(2)3)18(23)21-11-9-20(10-12-21)8-5-13-22/h4,6-7,14,17,22H,5,8-13H2,1-3H3. The van der Waals surface area contributed by atoms with Gasteiger partial charge in [0.25, 0.3) is 0 Å². The molecule has 0 saturated carbocycles. The van der Waals surface area contributed by atoms with Crippen molar-refractivity contribution in [2.24, 2.45) is 0 Å². The average molecular weight is 319 g/mol. The van der Waals surface area contributed by atoms with Crippen LogP contribution in [0.5, 0.6) is 0 Å². The number of likely N-dealkylation sites (N-methyl/N-ethyl adjacent to an activating group) is 1. The lowest BCUT2D eigenvalue weighted by atomic mass is 10.0. The number of aliphatic hydroxyl groups is 1. The molecule has 1 atom stereocenters. The van der Waals surface area contributed by atoms with Crippen molar-refractivity contribution in [1.82, 2.24) is 14.7 Å². The van der Waals surface area contributed by atoms with E-state index in [1.54, 1.807) is 0 Å². The molecule has 0 aromatic heterocycles. The van der Waals surface area contributed by atoms with Crippen molar-refractivity contribution in [1.29, 1.82) is 0 Å². The van der Waals surface area contributed by atoms with Gasteiger partial charge >= 0.3 is 0 Å². The molecule has 0 bridgehead atoms. The van der Waals surface area contributed by atoms with E-state index in [9.17, 15) is 4.79 Å². The van der Waals surface area contributed by atoms with Gasteiger partial charge < -0.3 is 10.0 Å². The molecule has 1 aromatic carbocycles. The molecule has 1 aliphatic rings. The molecule has 0 radical (unpaired) electrons. The Bertz CT molecular complexity index is 511. The zero-order valence-electron chi connectivity index (χ0n) is 14.5.